The molecule has 0 radical (unpaired) electrons. The third kappa shape index (κ3) is 2.78. The Morgan fingerprint density at radius 2 is 2.12 bits per heavy atom. The second kappa shape index (κ2) is 4.91. The number of halogens is 2. The molecule has 2 nitrogen and oxygen atoms in total. The Morgan fingerprint density at radius 1 is 1.35 bits per heavy atom. The van der Waals surface area contributed by atoms with Crippen molar-refractivity contribution in [2.75, 3.05) is 6.61 Å². The van der Waals surface area contributed by atoms with Crippen molar-refractivity contribution in [1.82, 2.24) is 0 Å². The van der Waals surface area contributed by atoms with Crippen LogP contribution in [-0.4, -0.2) is 18.5 Å². The van der Waals surface area contributed by atoms with Gasteiger partial charge in [0.15, 0.2) is 0 Å². The van der Waals surface area contributed by atoms with Gasteiger partial charge in [-0.1, -0.05) is 6.42 Å². The smallest absolute Gasteiger partial charge is 0.376 e. The van der Waals surface area contributed by atoms with Crippen LogP contribution in [0.5, 0.6) is 0 Å². The Kier molecular flexibility index (Phi) is 3.69. The lowest BCUT2D eigenvalue weighted by molar-refractivity contribution is -0.172. The molecule has 2 fully saturated rings. The van der Waals surface area contributed by atoms with E-state index < -0.39 is 11.9 Å². The van der Waals surface area contributed by atoms with Crippen molar-refractivity contribution in [2.24, 2.45) is 17.8 Å². The Hall–Kier alpha value is -0.670. The molecule has 0 unspecified atom stereocenters. The highest BCUT2D eigenvalue weighted by Crippen LogP contribution is 2.50. The van der Waals surface area contributed by atoms with Crippen LogP contribution in [0.4, 0.5) is 8.78 Å². The van der Waals surface area contributed by atoms with Crippen molar-refractivity contribution in [1.29, 1.82) is 0 Å². The zero-order valence-corrected chi connectivity index (χ0v) is 10.3. The van der Waals surface area contributed by atoms with E-state index in [1.54, 1.807) is 6.92 Å². The first-order valence-electron chi connectivity index (χ1n) is 6.58. The summed E-state index contributed by atoms with van der Waals surface area (Å²) in [6.07, 6.45) is 4.89. The van der Waals surface area contributed by atoms with Crippen molar-refractivity contribution >= 4 is 5.97 Å². The third-order valence-electron chi connectivity index (χ3n) is 4.29. The predicted molar refractivity (Wildman–Crippen MR) is 59.8 cm³/mol. The number of ether oxygens (including phenoxy) is 1. The van der Waals surface area contributed by atoms with Gasteiger partial charge in [-0.2, -0.15) is 8.78 Å². The predicted octanol–water partition coefficient (Wildman–Crippen LogP) is 3.40. The van der Waals surface area contributed by atoms with Gasteiger partial charge >= 0.3 is 11.9 Å². The molecule has 2 aliphatic carbocycles. The highest BCUT2D eigenvalue weighted by atomic mass is 19.3. The molecule has 2 bridgehead atoms. The molecule has 4 heteroatoms. The number of carbonyl (C=O) groups is 1. The summed E-state index contributed by atoms with van der Waals surface area (Å²) < 4.78 is 31.2. The minimum Gasteiger partial charge on any atom is -0.462 e. The largest absolute Gasteiger partial charge is 0.462 e. The number of esters is 1. The van der Waals surface area contributed by atoms with Gasteiger partial charge in [-0.05, 0) is 50.4 Å². The fraction of sp³-hybridized carbons (Fsp3) is 0.923. The molecular formula is C13H20F2O2. The quantitative estimate of drug-likeness (QED) is 0.695. The molecule has 3 atom stereocenters. The van der Waals surface area contributed by atoms with Crippen LogP contribution < -0.4 is 0 Å². The zero-order chi connectivity index (χ0) is 12.5. The summed E-state index contributed by atoms with van der Waals surface area (Å²) in [5.74, 6) is -2.84. The molecule has 98 valence electrons. The molecule has 0 heterocycles. The maximum Gasteiger partial charge on any atom is 0.376 e. The molecular weight excluding hydrogens is 226 g/mol. The molecule has 0 N–H and O–H groups in total. The summed E-state index contributed by atoms with van der Waals surface area (Å²) in [5, 5.41) is 0. The van der Waals surface area contributed by atoms with Crippen molar-refractivity contribution in [2.45, 2.75) is 51.4 Å². The minimum absolute atomic E-state index is 0.0164. The van der Waals surface area contributed by atoms with E-state index in [-0.39, 0.29) is 13.0 Å². The molecule has 0 spiro atoms. The second-order valence-electron chi connectivity index (χ2n) is 5.40. The molecule has 17 heavy (non-hydrogen) atoms. The number of alkyl halides is 2. The monoisotopic (exact) mass is 246 g/mol. The number of hydrogen-bond acceptors (Lipinski definition) is 2. The molecule has 2 rings (SSSR count). The topological polar surface area (TPSA) is 26.3 Å². The van der Waals surface area contributed by atoms with Gasteiger partial charge in [0.25, 0.3) is 0 Å². The maximum atomic E-state index is 13.4. The fourth-order valence-electron chi connectivity index (χ4n) is 3.44. The van der Waals surface area contributed by atoms with E-state index in [0.29, 0.717) is 18.3 Å². The van der Waals surface area contributed by atoms with Crippen molar-refractivity contribution < 1.29 is 18.3 Å². The maximum absolute atomic E-state index is 13.4. The van der Waals surface area contributed by atoms with E-state index in [1.165, 1.54) is 19.3 Å². The van der Waals surface area contributed by atoms with Crippen LogP contribution in [-0.2, 0) is 9.53 Å². The molecule has 0 aromatic rings. The number of hydrogen-bond donors (Lipinski definition) is 0. The average Bonchev–Trinajstić information content (AvgIpc) is 2.88. The van der Waals surface area contributed by atoms with Gasteiger partial charge in [0.1, 0.15) is 0 Å². The molecule has 2 saturated carbocycles. The Balaban J connectivity index is 1.79. The van der Waals surface area contributed by atoms with Gasteiger partial charge in [0.2, 0.25) is 0 Å². The molecule has 0 aliphatic heterocycles. The highest BCUT2D eigenvalue weighted by molar-refractivity contribution is 5.77. The first-order chi connectivity index (χ1) is 8.03. The standard InChI is InChI=1S/C13H20F2O2/c1-2-17-12(16)13(14,15)6-5-11-8-9-3-4-10(11)7-9/h9-11H,2-8H2,1H3/t9-,10+,11+/m1/s1. The second-order valence-corrected chi connectivity index (χ2v) is 5.40. The summed E-state index contributed by atoms with van der Waals surface area (Å²) in [6.45, 7) is 1.56. The van der Waals surface area contributed by atoms with Crippen LogP contribution in [0.1, 0.15) is 45.4 Å². The summed E-state index contributed by atoms with van der Waals surface area (Å²) >= 11 is 0. The van der Waals surface area contributed by atoms with E-state index >= 15 is 0 Å². The van der Waals surface area contributed by atoms with Gasteiger partial charge in [0, 0.05) is 6.42 Å². The lowest BCUT2D eigenvalue weighted by Gasteiger charge is -2.23. The first-order valence-corrected chi connectivity index (χ1v) is 6.58. The summed E-state index contributed by atoms with van der Waals surface area (Å²) in [4.78, 5) is 11.1. The Morgan fingerprint density at radius 3 is 2.65 bits per heavy atom. The van der Waals surface area contributed by atoms with E-state index in [0.717, 1.165) is 12.3 Å². The lowest BCUT2D eigenvalue weighted by Crippen LogP contribution is -2.31. The molecule has 2 aliphatic rings. The third-order valence-corrected chi connectivity index (χ3v) is 4.29. The van der Waals surface area contributed by atoms with Gasteiger partial charge < -0.3 is 4.74 Å². The van der Waals surface area contributed by atoms with Gasteiger partial charge in [-0.15, -0.1) is 0 Å². The van der Waals surface area contributed by atoms with Crippen LogP contribution in [0.15, 0.2) is 0 Å². The van der Waals surface area contributed by atoms with E-state index in [4.69, 9.17) is 0 Å². The number of carbonyl (C=O) groups excluding carboxylic acids is 1. The summed E-state index contributed by atoms with van der Waals surface area (Å²) in [7, 11) is 0. The van der Waals surface area contributed by atoms with Crippen molar-refractivity contribution in [3.63, 3.8) is 0 Å². The summed E-state index contributed by atoms with van der Waals surface area (Å²) in [5.41, 5.74) is 0. The van der Waals surface area contributed by atoms with E-state index in [9.17, 15) is 13.6 Å². The SMILES string of the molecule is CCOC(=O)C(F)(F)CC[C@H]1C[C@@H]2CC[C@H]1C2. The Bertz CT molecular complexity index is 291. The lowest BCUT2D eigenvalue weighted by atomic mass is 9.85. The highest BCUT2D eigenvalue weighted by Gasteiger charge is 2.44. The van der Waals surface area contributed by atoms with E-state index in [2.05, 4.69) is 4.74 Å². The fourth-order valence-corrected chi connectivity index (χ4v) is 3.44. The van der Waals surface area contributed by atoms with Crippen LogP contribution in [0, 0.1) is 17.8 Å². The number of fused-ring (bicyclic) bond motifs is 2. The van der Waals surface area contributed by atoms with Gasteiger partial charge in [-0.25, -0.2) is 4.79 Å². The normalized spacial score (nSPS) is 31.8. The average molecular weight is 246 g/mol. The first kappa shape index (κ1) is 12.8. The van der Waals surface area contributed by atoms with Crippen LogP contribution >= 0.6 is 0 Å². The van der Waals surface area contributed by atoms with Gasteiger partial charge in [0.05, 0.1) is 6.61 Å². The molecule has 0 saturated heterocycles. The van der Waals surface area contributed by atoms with Crippen LogP contribution in [0.2, 0.25) is 0 Å². The Labute approximate surface area is 101 Å². The molecule has 0 aromatic heterocycles. The van der Waals surface area contributed by atoms with Crippen molar-refractivity contribution in [3.05, 3.63) is 0 Å². The molecule has 0 aromatic carbocycles. The minimum atomic E-state index is -3.29. The van der Waals surface area contributed by atoms with E-state index in [1.807, 2.05) is 0 Å². The number of rotatable bonds is 5. The van der Waals surface area contributed by atoms with Crippen LogP contribution in [0.3, 0.4) is 0 Å². The van der Waals surface area contributed by atoms with Crippen LogP contribution in [0.25, 0.3) is 0 Å². The molecule has 0 amide bonds. The summed E-state index contributed by atoms with van der Waals surface area (Å²) in [6, 6.07) is 0. The zero-order valence-electron chi connectivity index (χ0n) is 10.3. The van der Waals surface area contributed by atoms with Crippen molar-refractivity contribution in [3.8, 4) is 0 Å². The van der Waals surface area contributed by atoms with Gasteiger partial charge in [-0.3, -0.25) is 0 Å².